The first kappa shape index (κ1) is 31.1. The Labute approximate surface area is 225 Å². The molecule has 0 spiro atoms. The number of carbonyl (C=O) groups is 2. The van der Waals surface area contributed by atoms with Gasteiger partial charge in [0.15, 0.2) is 0 Å². The van der Waals surface area contributed by atoms with Crippen LogP contribution >= 0.6 is 0 Å². The summed E-state index contributed by atoms with van der Waals surface area (Å²) in [6.07, 6.45) is 11.6. The number of aromatic nitrogens is 1. The van der Waals surface area contributed by atoms with Crippen molar-refractivity contribution in [3.8, 4) is 0 Å². The number of fused-ring (bicyclic) bond motifs is 1. The van der Waals surface area contributed by atoms with Gasteiger partial charge in [0.25, 0.3) is 5.91 Å². The standard InChI is InChI=1S/C29H42F2N4O3/c1-3-5-6-7-11-22(4-2)28(36)34-25(29(37)38)16-20-35(21-17-26(30)31)19-9-8-13-24-15-14-23-12-10-18-32-27(23)33-24/h4-7,11,14-15,25-26H,3,8-10,12-13,16-21H2,1-2H3,(H,32,33)(H,34,36)(H,37,38)/b6-5+,11-7-,22-4+. The number of alkyl halides is 2. The number of nitrogens with zero attached hydrogens (tertiary/aromatic N) is 2. The van der Waals surface area contributed by atoms with E-state index in [2.05, 4.69) is 22.8 Å². The summed E-state index contributed by atoms with van der Waals surface area (Å²) in [7, 11) is 0. The summed E-state index contributed by atoms with van der Waals surface area (Å²) in [4.78, 5) is 31.0. The highest BCUT2D eigenvalue weighted by Gasteiger charge is 2.22. The number of rotatable bonds is 17. The molecule has 2 rings (SSSR count). The van der Waals surface area contributed by atoms with Crippen molar-refractivity contribution in [1.82, 2.24) is 15.2 Å². The van der Waals surface area contributed by atoms with Gasteiger partial charge < -0.3 is 20.6 Å². The van der Waals surface area contributed by atoms with Crippen molar-refractivity contribution < 1.29 is 23.5 Å². The number of nitrogens with one attached hydrogen (secondary N) is 2. The number of aryl methyl sites for hydroxylation is 2. The highest BCUT2D eigenvalue weighted by atomic mass is 19.3. The Morgan fingerprint density at radius 1 is 1.18 bits per heavy atom. The fourth-order valence-electron chi connectivity index (χ4n) is 4.25. The van der Waals surface area contributed by atoms with Crippen LogP contribution in [0.2, 0.25) is 0 Å². The SMILES string of the molecule is C\C=C(/C=C\C=C\CC)C(=O)NC(CCN(CCCCc1ccc2c(n1)NCCC2)CCC(F)F)C(=O)O. The molecule has 1 aliphatic heterocycles. The molecule has 9 heteroatoms. The summed E-state index contributed by atoms with van der Waals surface area (Å²) < 4.78 is 25.8. The summed E-state index contributed by atoms with van der Waals surface area (Å²) in [6.45, 7) is 5.68. The highest BCUT2D eigenvalue weighted by molar-refractivity contribution is 5.98. The summed E-state index contributed by atoms with van der Waals surface area (Å²) in [6, 6.07) is 3.06. The van der Waals surface area contributed by atoms with Gasteiger partial charge in [-0.25, -0.2) is 18.6 Å². The molecule has 1 aliphatic rings. The lowest BCUT2D eigenvalue weighted by molar-refractivity contribution is -0.141. The molecule has 7 nitrogen and oxygen atoms in total. The van der Waals surface area contributed by atoms with Gasteiger partial charge >= 0.3 is 5.97 Å². The van der Waals surface area contributed by atoms with Crippen LogP contribution in [-0.2, 0) is 22.4 Å². The molecule has 1 atom stereocenters. The van der Waals surface area contributed by atoms with Gasteiger partial charge in [-0.3, -0.25) is 4.79 Å². The highest BCUT2D eigenvalue weighted by Crippen LogP contribution is 2.20. The molecule has 1 unspecified atom stereocenters. The van der Waals surface area contributed by atoms with E-state index in [1.807, 2.05) is 24.0 Å². The van der Waals surface area contributed by atoms with Gasteiger partial charge in [0, 0.05) is 37.3 Å². The lowest BCUT2D eigenvalue weighted by Gasteiger charge is -2.24. The molecule has 0 bridgehead atoms. The maximum Gasteiger partial charge on any atom is 0.326 e. The van der Waals surface area contributed by atoms with Crippen LogP contribution in [0, 0.1) is 0 Å². The smallest absolute Gasteiger partial charge is 0.326 e. The van der Waals surface area contributed by atoms with Gasteiger partial charge in [-0.2, -0.15) is 0 Å². The molecule has 0 aromatic carbocycles. The summed E-state index contributed by atoms with van der Waals surface area (Å²) >= 11 is 0. The van der Waals surface area contributed by atoms with E-state index in [4.69, 9.17) is 4.98 Å². The Hall–Kier alpha value is -3.07. The number of unbranched alkanes of at least 4 members (excludes halogenated alkanes) is 1. The average Bonchev–Trinajstić information content (AvgIpc) is 2.90. The van der Waals surface area contributed by atoms with Crippen LogP contribution in [0.5, 0.6) is 0 Å². The van der Waals surface area contributed by atoms with Crippen molar-refractivity contribution in [3.05, 3.63) is 59.3 Å². The second-order valence-electron chi connectivity index (χ2n) is 9.41. The minimum absolute atomic E-state index is 0.124. The Kier molecular flexibility index (Phi) is 14.3. The van der Waals surface area contributed by atoms with Gasteiger partial charge in [0.1, 0.15) is 11.9 Å². The van der Waals surface area contributed by atoms with Crippen molar-refractivity contribution in [3.63, 3.8) is 0 Å². The number of aliphatic carboxylic acids is 1. The predicted molar refractivity (Wildman–Crippen MR) is 148 cm³/mol. The minimum Gasteiger partial charge on any atom is -0.480 e. The number of hydrogen-bond acceptors (Lipinski definition) is 5. The van der Waals surface area contributed by atoms with Gasteiger partial charge in [0.2, 0.25) is 6.43 Å². The first-order chi connectivity index (χ1) is 18.3. The van der Waals surface area contributed by atoms with Gasteiger partial charge in [-0.05, 0) is 76.1 Å². The van der Waals surface area contributed by atoms with E-state index >= 15 is 0 Å². The molecular formula is C29H42F2N4O3. The number of carbonyl (C=O) groups excluding carboxylic acids is 1. The quantitative estimate of drug-likeness (QED) is 0.146. The van der Waals surface area contributed by atoms with E-state index in [0.717, 1.165) is 56.6 Å². The van der Waals surface area contributed by atoms with Crippen LogP contribution in [0.4, 0.5) is 14.6 Å². The van der Waals surface area contributed by atoms with E-state index in [-0.39, 0.29) is 19.4 Å². The second-order valence-corrected chi connectivity index (χ2v) is 9.41. The molecule has 1 aromatic rings. The molecule has 0 fully saturated rings. The molecule has 210 valence electrons. The first-order valence-electron chi connectivity index (χ1n) is 13.6. The normalized spacial score (nSPS) is 14.7. The predicted octanol–water partition coefficient (Wildman–Crippen LogP) is 5.15. The summed E-state index contributed by atoms with van der Waals surface area (Å²) in [5.74, 6) is -0.667. The third kappa shape index (κ3) is 11.5. The monoisotopic (exact) mass is 532 g/mol. The van der Waals surface area contributed by atoms with Crippen LogP contribution in [0.1, 0.15) is 63.6 Å². The van der Waals surface area contributed by atoms with Crippen molar-refractivity contribution >= 4 is 17.7 Å². The number of anilines is 1. The molecule has 1 amide bonds. The molecule has 0 saturated heterocycles. The zero-order chi connectivity index (χ0) is 27.8. The van der Waals surface area contributed by atoms with E-state index < -0.39 is 24.3 Å². The molecule has 38 heavy (non-hydrogen) atoms. The van der Waals surface area contributed by atoms with Crippen LogP contribution < -0.4 is 10.6 Å². The minimum atomic E-state index is -2.43. The van der Waals surface area contributed by atoms with Crippen molar-refractivity contribution in [2.75, 3.05) is 31.5 Å². The number of amides is 1. The maximum atomic E-state index is 12.9. The van der Waals surface area contributed by atoms with Gasteiger partial charge in [-0.1, -0.05) is 37.3 Å². The second kappa shape index (κ2) is 17.4. The Bertz CT molecular complexity index is 979. The van der Waals surface area contributed by atoms with E-state index in [1.165, 1.54) is 5.56 Å². The molecule has 0 radical (unpaired) electrons. The first-order valence-corrected chi connectivity index (χ1v) is 13.6. The number of allylic oxidation sites excluding steroid dienone is 4. The number of carboxylic acid groups (broad SMARTS) is 1. The lowest BCUT2D eigenvalue weighted by atomic mass is 10.1. The lowest BCUT2D eigenvalue weighted by Crippen LogP contribution is -2.43. The Balaban J connectivity index is 1.88. The van der Waals surface area contributed by atoms with E-state index in [0.29, 0.717) is 18.7 Å². The number of halogens is 2. The van der Waals surface area contributed by atoms with E-state index in [9.17, 15) is 23.5 Å². The number of carboxylic acids is 1. The largest absolute Gasteiger partial charge is 0.480 e. The number of hydrogen-bond donors (Lipinski definition) is 3. The molecular weight excluding hydrogens is 490 g/mol. The zero-order valence-corrected chi connectivity index (χ0v) is 22.6. The third-order valence-electron chi connectivity index (χ3n) is 6.44. The van der Waals surface area contributed by atoms with Crippen molar-refractivity contribution in [2.24, 2.45) is 0 Å². The van der Waals surface area contributed by atoms with Crippen LogP contribution in [-0.4, -0.2) is 65.5 Å². The summed E-state index contributed by atoms with van der Waals surface area (Å²) in [5, 5.41) is 15.6. The van der Waals surface area contributed by atoms with E-state index in [1.54, 1.807) is 25.2 Å². The fourth-order valence-corrected chi connectivity index (χ4v) is 4.25. The molecule has 2 heterocycles. The Morgan fingerprint density at radius 2 is 1.97 bits per heavy atom. The van der Waals surface area contributed by atoms with Gasteiger partial charge in [0.05, 0.1) is 0 Å². The zero-order valence-electron chi connectivity index (χ0n) is 22.6. The summed E-state index contributed by atoms with van der Waals surface area (Å²) in [5.41, 5.74) is 2.60. The van der Waals surface area contributed by atoms with Crippen LogP contribution in [0.25, 0.3) is 0 Å². The third-order valence-corrected chi connectivity index (χ3v) is 6.44. The average molecular weight is 533 g/mol. The Morgan fingerprint density at radius 3 is 2.68 bits per heavy atom. The van der Waals surface area contributed by atoms with Crippen LogP contribution in [0.3, 0.4) is 0 Å². The maximum absolute atomic E-state index is 12.9. The van der Waals surface area contributed by atoms with Crippen molar-refractivity contribution in [2.45, 2.75) is 77.7 Å². The fraction of sp³-hybridized carbons (Fsp3) is 0.552. The van der Waals surface area contributed by atoms with Gasteiger partial charge in [-0.15, -0.1) is 0 Å². The molecule has 0 saturated carbocycles. The molecule has 1 aromatic heterocycles. The van der Waals surface area contributed by atoms with Crippen molar-refractivity contribution in [1.29, 1.82) is 0 Å². The topological polar surface area (TPSA) is 94.6 Å². The number of pyridine rings is 1. The molecule has 3 N–H and O–H groups in total. The van der Waals surface area contributed by atoms with Crippen LogP contribution in [0.15, 0.2) is 48.1 Å². The molecule has 0 aliphatic carbocycles.